The van der Waals surface area contributed by atoms with Crippen molar-refractivity contribution in [2.24, 2.45) is 5.41 Å². The average Bonchev–Trinajstić information content (AvgIpc) is 2.80. The van der Waals surface area contributed by atoms with Gasteiger partial charge in [-0.25, -0.2) is 9.69 Å². The van der Waals surface area contributed by atoms with Crippen molar-refractivity contribution in [3.05, 3.63) is 93.7 Å². The highest BCUT2D eigenvalue weighted by atomic mass is 35.5. The zero-order chi connectivity index (χ0) is 23.6. The first-order valence-electron chi connectivity index (χ1n) is 10.4. The number of benzene rings is 2. The van der Waals surface area contributed by atoms with Crippen LogP contribution in [0.15, 0.2) is 67.0 Å². The van der Waals surface area contributed by atoms with Crippen LogP contribution in [0.3, 0.4) is 0 Å². The predicted molar refractivity (Wildman–Crippen MR) is 127 cm³/mol. The molecular formula is C25H21Cl2N3O3. The van der Waals surface area contributed by atoms with Crippen LogP contribution in [0.5, 0.6) is 0 Å². The molecule has 1 aliphatic rings. The number of aromatic nitrogens is 1. The highest BCUT2D eigenvalue weighted by Crippen LogP contribution is 2.39. The zero-order valence-corrected chi connectivity index (χ0v) is 19.4. The number of barbiturate groups is 1. The molecule has 1 atom stereocenters. The molecule has 0 aliphatic carbocycles. The second-order valence-electron chi connectivity index (χ2n) is 8.06. The topological polar surface area (TPSA) is 79.4 Å². The molecule has 6 nitrogen and oxygen atoms in total. The number of carbonyl (C=O) groups excluding carboxylic acids is 3. The molecule has 0 bridgehead atoms. The second kappa shape index (κ2) is 9.33. The van der Waals surface area contributed by atoms with E-state index in [0.717, 1.165) is 16.0 Å². The molecule has 0 spiro atoms. The summed E-state index contributed by atoms with van der Waals surface area (Å²) in [4.78, 5) is 45.1. The van der Waals surface area contributed by atoms with Gasteiger partial charge in [-0.2, -0.15) is 0 Å². The molecule has 4 rings (SSSR count). The van der Waals surface area contributed by atoms with Gasteiger partial charge in [0.2, 0.25) is 5.91 Å². The van der Waals surface area contributed by atoms with E-state index >= 15 is 0 Å². The largest absolute Gasteiger partial charge is 0.335 e. The lowest BCUT2D eigenvalue weighted by Gasteiger charge is -2.39. The van der Waals surface area contributed by atoms with Gasteiger partial charge in [0.25, 0.3) is 5.91 Å². The summed E-state index contributed by atoms with van der Waals surface area (Å²) < 4.78 is 0. The standard InChI is InChI=1S/C25H21Cl2N3O3/c1-16-5-7-19(8-6-16)30-23(32)25(22(31)29-24(30)33,12-9-17-10-13-28-14-11-17)15-18-3-2-4-20(26)21(18)27/h2-8,10-11,13-14H,9,12,15H2,1H3,(H,29,31,33)/t25-/m0/s1. The summed E-state index contributed by atoms with van der Waals surface area (Å²) >= 11 is 12.6. The number of hydrogen-bond acceptors (Lipinski definition) is 4. The van der Waals surface area contributed by atoms with E-state index in [9.17, 15) is 14.4 Å². The first-order chi connectivity index (χ1) is 15.8. The Bertz CT molecular complexity index is 1220. The molecule has 2 heterocycles. The maximum absolute atomic E-state index is 13.9. The van der Waals surface area contributed by atoms with E-state index in [1.807, 2.05) is 19.1 Å². The van der Waals surface area contributed by atoms with Crippen LogP contribution in [-0.2, 0) is 22.4 Å². The van der Waals surface area contributed by atoms with Gasteiger partial charge in [0.15, 0.2) is 0 Å². The molecule has 1 saturated heterocycles. The molecule has 33 heavy (non-hydrogen) atoms. The lowest BCUT2D eigenvalue weighted by atomic mass is 9.73. The molecular weight excluding hydrogens is 461 g/mol. The number of urea groups is 1. The summed E-state index contributed by atoms with van der Waals surface area (Å²) in [6, 6.07) is 14.9. The molecule has 0 radical (unpaired) electrons. The highest BCUT2D eigenvalue weighted by Gasteiger charge is 2.54. The second-order valence-corrected chi connectivity index (χ2v) is 8.85. The summed E-state index contributed by atoms with van der Waals surface area (Å²) in [5.41, 5.74) is 1.29. The summed E-state index contributed by atoms with van der Waals surface area (Å²) in [6.45, 7) is 1.91. The Morgan fingerprint density at radius 1 is 0.970 bits per heavy atom. The third-order valence-electron chi connectivity index (χ3n) is 5.88. The monoisotopic (exact) mass is 481 g/mol. The van der Waals surface area contributed by atoms with E-state index in [1.54, 1.807) is 54.9 Å². The van der Waals surface area contributed by atoms with Gasteiger partial charge < -0.3 is 0 Å². The molecule has 0 unspecified atom stereocenters. The van der Waals surface area contributed by atoms with Crippen molar-refractivity contribution >= 4 is 46.7 Å². The van der Waals surface area contributed by atoms with Gasteiger partial charge in [-0.05, 0) is 67.6 Å². The quantitative estimate of drug-likeness (QED) is 0.494. The maximum Gasteiger partial charge on any atom is 0.335 e. The van der Waals surface area contributed by atoms with Crippen molar-refractivity contribution < 1.29 is 14.4 Å². The first-order valence-corrected chi connectivity index (χ1v) is 11.2. The normalized spacial score (nSPS) is 18.4. The van der Waals surface area contributed by atoms with Crippen LogP contribution in [-0.4, -0.2) is 22.8 Å². The van der Waals surface area contributed by atoms with Gasteiger partial charge in [0.1, 0.15) is 5.41 Å². The first kappa shape index (κ1) is 23.0. The fourth-order valence-electron chi connectivity index (χ4n) is 3.99. The number of rotatable bonds is 6. The van der Waals surface area contributed by atoms with Crippen LogP contribution in [0.1, 0.15) is 23.1 Å². The molecule has 1 fully saturated rings. The van der Waals surface area contributed by atoms with Crippen molar-refractivity contribution in [2.45, 2.75) is 26.2 Å². The van der Waals surface area contributed by atoms with Gasteiger partial charge in [-0.1, -0.05) is 53.0 Å². The molecule has 1 N–H and O–H groups in total. The molecule has 1 aromatic heterocycles. The van der Waals surface area contributed by atoms with Crippen LogP contribution in [0.25, 0.3) is 0 Å². The fourth-order valence-corrected chi connectivity index (χ4v) is 4.37. The van der Waals surface area contributed by atoms with Gasteiger partial charge in [0.05, 0.1) is 15.7 Å². The molecule has 2 aromatic carbocycles. The number of halogens is 2. The van der Waals surface area contributed by atoms with Crippen LogP contribution < -0.4 is 10.2 Å². The summed E-state index contributed by atoms with van der Waals surface area (Å²) in [5, 5.41) is 3.00. The van der Waals surface area contributed by atoms with E-state index in [0.29, 0.717) is 22.7 Å². The molecule has 1 aliphatic heterocycles. The Balaban J connectivity index is 1.79. The van der Waals surface area contributed by atoms with E-state index in [4.69, 9.17) is 23.2 Å². The zero-order valence-electron chi connectivity index (χ0n) is 17.8. The number of nitrogens with one attached hydrogen (secondary N) is 1. The Kier molecular flexibility index (Phi) is 6.49. The van der Waals surface area contributed by atoms with Gasteiger partial charge in [0, 0.05) is 12.4 Å². The number of hydrogen-bond donors (Lipinski definition) is 1. The van der Waals surface area contributed by atoms with E-state index < -0.39 is 23.3 Å². The number of anilines is 1. The molecule has 168 valence electrons. The van der Waals surface area contributed by atoms with Crippen molar-refractivity contribution in [1.82, 2.24) is 10.3 Å². The SMILES string of the molecule is Cc1ccc(N2C(=O)NC(=O)[C@](CCc3ccncc3)(Cc3cccc(Cl)c3Cl)C2=O)cc1. The van der Waals surface area contributed by atoms with Gasteiger partial charge in [-0.3, -0.25) is 19.9 Å². The number of amides is 4. The van der Waals surface area contributed by atoms with Crippen molar-refractivity contribution in [1.29, 1.82) is 0 Å². The average molecular weight is 482 g/mol. The Morgan fingerprint density at radius 3 is 2.36 bits per heavy atom. The number of nitrogens with zero attached hydrogens (tertiary/aromatic N) is 2. The van der Waals surface area contributed by atoms with Crippen molar-refractivity contribution in [2.75, 3.05) is 4.90 Å². The van der Waals surface area contributed by atoms with Crippen molar-refractivity contribution in [3.8, 4) is 0 Å². The molecule has 0 saturated carbocycles. The summed E-state index contributed by atoms with van der Waals surface area (Å²) in [5.74, 6) is -1.24. The van der Waals surface area contributed by atoms with E-state index in [2.05, 4.69) is 10.3 Å². The Morgan fingerprint density at radius 2 is 1.67 bits per heavy atom. The van der Waals surface area contributed by atoms with E-state index in [1.165, 1.54) is 0 Å². The smallest absolute Gasteiger partial charge is 0.276 e. The van der Waals surface area contributed by atoms with Gasteiger partial charge >= 0.3 is 6.03 Å². The molecule has 3 aromatic rings. The van der Waals surface area contributed by atoms with E-state index in [-0.39, 0.29) is 17.9 Å². The lowest BCUT2D eigenvalue weighted by Crippen LogP contribution is -2.65. The van der Waals surface area contributed by atoms with Crippen LogP contribution in [0, 0.1) is 12.3 Å². The highest BCUT2D eigenvalue weighted by molar-refractivity contribution is 6.42. The summed E-state index contributed by atoms with van der Waals surface area (Å²) in [6.07, 6.45) is 3.90. The third-order valence-corrected chi connectivity index (χ3v) is 6.73. The van der Waals surface area contributed by atoms with Crippen LogP contribution in [0.4, 0.5) is 10.5 Å². The minimum atomic E-state index is -1.56. The number of imide groups is 2. The third kappa shape index (κ3) is 4.49. The van der Waals surface area contributed by atoms with Crippen LogP contribution in [0.2, 0.25) is 10.0 Å². The molecule has 4 amide bonds. The number of pyridine rings is 1. The number of aryl methyl sites for hydroxylation is 2. The minimum absolute atomic E-state index is 0.00220. The number of carbonyl (C=O) groups is 3. The Hall–Kier alpha value is -3.22. The fraction of sp³-hybridized carbons (Fsp3) is 0.200. The van der Waals surface area contributed by atoms with Crippen molar-refractivity contribution in [3.63, 3.8) is 0 Å². The lowest BCUT2D eigenvalue weighted by molar-refractivity contribution is -0.143. The molecule has 8 heteroatoms. The minimum Gasteiger partial charge on any atom is -0.276 e. The summed E-state index contributed by atoms with van der Waals surface area (Å²) in [7, 11) is 0. The predicted octanol–water partition coefficient (Wildman–Crippen LogP) is 5.14. The Labute approximate surface area is 201 Å². The van der Waals surface area contributed by atoms with Gasteiger partial charge in [-0.15, -0.1) is 0 Å². The maximum atomic E-state index is 13.9. The van der Waals surface area contributed by atoms with Crippen LogP contribution >= 0.6 is 23.2 Å².